The van der Waals surface area contributed by atoms with Crippen LogP contribution in [0, 0.1) is 5.82 Å². The van der Waals surface area contributed by atoms with Gasteiger partial charge in [0.25, 0.3) is 0 Å². The number of nitrogens with zero attached hydrogens (tertiary/aromatic N) is 6. The summed E-state index contributed by atoms with van der Waals surface area (Å²) in [5.41, 5.74) is 4.96. The number of halogens is 1. The summed E-state index contributed by atoms with van der Waals surface area (Å²) in [7, 11) is 5.16. The van der Waals surface area contributed by atoms with E-state index < -0.39 is 10.8 Å². The number of anilines is 1. The Kier molecular flexibility index (Phi) is 8.21. The van der Waals surface area contributed by atoms with Crippen LogP contribution >= 0.6 is 0 Å². The van der Waals surface area contributed by atoms with Gasteiger partial charge in [-0.3, -0.25) is 13.5 Å². The van der Waals surface area contributed by atoms with E-state index >= 15 is 0 Å². The third kappa shape index (κ3) is 5.98. The van der Waals surface area contributed by atoms with E-state index in [2.05, 4.69) is 57.3 Å². The Labute approximate surface area is 225 Å². The van der Waals surface area contributed by atoms with Gasteiger partial charge in [-0.1, -0.05) is 6.07 Å². The molecule has 0 aliphatic carbocycles. The summed E-state index contributed by atoms with van der Waals surface area (Å²) in [5.74, 6) is 1.26. The molecule has 0 atom stereocenters. The molecule has 10 heteroatoms. The molecule has 0 spiro atoms. The zero-order valence-corrected chi connectivity index (χ0v) is 23.2. The maximum absolute atomic E-state index is 14.5. The van der Waals surface area contributed by atoms with Gasteiger partial charge in [-0.2, -0.15) is 5.10 Å². The van der Waals surface area contributed by atoms with Crippen LogP contribution in [0.15, 0.2) is 48.9 Å². The maximum atomic E-state index is 14.5. The van der Waals surface area contributed by atoms with Gasteiger partial charge in [0, 0.05) is 72.3 Å². The first-order chi connectivity index (χ1) is 18.4. The molecule has 0 radical (unpaired) electrons. The van der Waals surface area contributed by atoms with Crippen LogP contribution < -0.4 is 5.32 Å². The highest BCUT2D eigenvalue weighted by Gasteiger charge is 2.17. The third-order valence-electron chi connectivity index (χ3n) is 7.13. The van der Waals surface area contributed by atoms with E-state index in [-0.39, 0.29) is 5.82 Å². The Morgan fingerprint density at radius 2 is 1.92 bits per heavy atom. The molecule has 1 aromatic carbocycles. The third-order valence-corrected chi connectivity index (χ3v) is 8.41. The first-order valence-corrected chi connectivity index (χ1v) is 14.6. The zero-order chi connectivity index (χ0) is 26.6. The molecule has 4 aromatic rings. The van der Waals surface area contributed by atoms with Gasteiger partial charge in [0.2, 0.25) is 0 Å². The number of benzene rings is 1. The molecule has 3 aromatic heterocycles. The van der Waals surface area contributed by atoms with Gasteiger partial charge in [0.05, 0.1) is 29.8 Å². The van der Waals surface area contributed by atoms with Crippen molar-refractivity contribution in [2.24, 2.45) is 0 Å². The summed E-state index contributed by atoms with van der Waals surface area (Å²) in [6.07, 6.45) is 8.04. The van der Waals surface area contributed by atoms with Crippen LogP contribution in [0.3, 0.4) is 0 Å². The number of nitrogens with one attached hydrogen (secondary N) is 1. The summed E-state index contributed by atoms with van der Waals surface area (Å²) in [5, 5.41) is 8.55. The lowest BCUT2D eigenvalue weighted by Crippen LogP contribution is -2.38. The molecule has 0 unspecified atom stereocenters. The van der Waals surface area contributed by atoms with Crippen molar-refractivity contribution in [2.75, 3.05) is 64.1 Å². The predicted octanol–water partition coefficient (Wildman–Crippen LogP) is 3.63. The van der Waals surface area contributed by atoms with Gasteiger partial charge in [0.15, 0.2) is 0 Å². The van der Waals surface area contributed by atoms with Gasteiger partial charge < -0.3 is 15.1 Å². The minimum absolute atomic E-state index is 0.299. The largest absolute Gasteiger partial charge is 0.386 e. The van der Waals surface area contributed by atoms with Crippen molar-refractivity contribution in [3.63, 3.8) is 0 Å². The van der Waals surface area contributed by atoms with Crippen molar-refractivity contribution in [3.05, 3.63) is 60.3 Å². The highest BCUT2D eigenvalue weighted by molar-refractivity contribution is 7.85. The van der Waals surface area contributed by atoms with Crippen LogP contribution in [0.4, 0.5) is 10.1 Å². The molecule has 1 N–H and O–H groups in total. The Hall–Kier alpha value is -3.08. The van der Waals surface area contributed by atoms with Gasteiger partial charge in [-0.15, -0.1) is 0 Å². The van der Waals surface area contributed by atoms with Crippen molar-refractivity contribution < 1.29 is 8.60 Å². The van der Waals surface area contributed by atoms with Gasteiger partial charge in [-0.05, 0) is 63.3 Å². The number of aromatic nitrogens is 4. The van der Waals surface area contributed by atoms with Crippen LogP contribution in [-0.4, -0.2) is 92.2 Å². The smallest absolute Gasteiger partial charge is 0.146 e. The Balaban J connectivity index is 1.45. The summed E-state index contributed by atoms with van der Waals surface area (Å²) in [6.45, 7) is 4.52. The average molecular weight is 538 g/mol. The number of hydrogen-bond acceptors (Lipinski definition) is 6. The Bertz CT molecular complexity index is 1420. The molecule has 8 nitrogen and oxygen atoms in total. The Morgan fingerprint density at radius 1 is 1.11 bits per heavy atom. The standard InChI is InChI=1S/C28H36FN7OS/c1-30-27-8-6-21(17-25(27)29)26-9-7-24-22(5-4-10-34-13-15-38(37)16-14-34)19-36(28(24)32-26)23-18-31-35(20-23)12-11-33(2)3/h6-9,17-20,30H,4-5,10-16H2,1-3H3. The van der Waals surface area contributed by atoms with Crippen molar-refractivity contribution in [1.29, 1.82) is 0 Å². The van der Waals surface area contributed by atoms with E-state index in [9.17, 15) is 8.60 Å². The molecule has 1 aliphatic rings. The van der Waals surface area contributed by atoms with Crippen LogP contribution in [0.5, 0.6) is 0 Å². The first kappa shape index (κ1) is 26.5. The number of rotatable bonds is 10. The summed E-state index contributed by atoms with van der Waals surface area (Å²) >= 11 is 0. The second kappa shape index (κ2) is 11.8. The lowest BCUT2D eigenvalue weighted by molar-refractivity contribution is 0.296. The first-order valence-electron chi connectivity index (χ1n) is 13.1. The van der Waals surface area contributed by atoms with Crippen molar-refractivity contribution in [3.8, 4) is 16.9 Å². The normalized spacial score (nSPS) is 15.1. The van der Waals surface area contributed by atoms with E-state index in [1.165, 1.54) is 11.6 Å². The summed E-state index contributed by atoms with van der Waals surface area (Å²) in [6, 6.07) is 9.24. The highest BCUT2D eigenvalue weighted by Crippen LogP contribution is 2.29. The van der Waals surface area contributed by atoms with Gasteiger partial charge in [-0.25, -0.2) is 9.37 Å². The molecular formula is C28H36FN7OS. The Morgan fingerprint density at radius 3 is 2.66 bits per heavy atom. The second-order valence-corrected chi connectivity index (χ2v) is 11.8. The number of hydrogen-bond donors (Lipinski definition) is 1. The maximum Gasteiger partial charge on any atom is 0.146 e. The molecule has 5 rings (SSSR count). The number of likely N-dealkylation sites (N-methyl/N-ethyl adjacent to an activating group) is 1. The molecule has 0 amide bonds. The lowest BCUT2D eigenvalue weighted by Gasteiger charge is -2.25. The van der Waals surface area contributed by atoms with E-state index in [0.29, 0.717) is 5.69 Å². The minimum Gasteiger partial charge on any atom is -0.386 e. The molecule has 1 saturated heterocycles. The molecule has 202 valence electrons. The zero-order valence-electron chi connectivity index (χ0n) is 22.4. The molecular weight excluding hydrogens is 501 g/mol. The van der Waals surface area contributed by atoms with Crippen LogP contribution in [0.2, 0.25) is 0 Å². The summed E-state index contributed by atoms with van der Waals surface area (Å²) < 4.78 is 30.3. The topological polar surface area (TPSA) is 71.2 Å². The highest BCUT2D eigenvalue weighted by atomic mass is 32.2. The van der Waals surface area contributed by atoms with Crippen LogP contribution in [0.1, 0.15) is 12.0 Å². The van der Waals surface area contributed by atoms with Crippen molar-refractivity contribution in [2.45, 2.75) is 19.4 Å². The minimum atomic E-state index is -0.654. The molecule has 4 heterocycles. The lowest BCUT2D eigenvalue weighted by atomic mass is 10.1. The van der Waals surface area contributed by atoms with E-state index in [1.807, 2.05) is 23.0 Å². The van der Waals surface area contributed by atoms with Crippen molar-refractivity contribution in [1.82, 2.24) is 29.1 Å². The van der Waals surface area contributed by atoms with Crippen LogP contribution in [0.25, 0.3) is 28.0 Å². The van der Waals surface area contributed by atoms with Crippen molar-refractivity contribution >= 4 is 27.5 Å². The number of pyridine rings is 1. The molecule has 38 heavy (non-hydrogen) atoms. The molecule has 0 saturated carbocycles. The monoisotopic (exact) mass is 537 g/mol. The molecule has 0 bridgehead atoms. The molecule has 1 aliphatic heterocycles. The SMILES string of the molecule is CNc1ccc(-c2ccc3c(CCCN4CCS(=O)CC4)cn(-c4cnn(CCN(C)C)c4)c3n2)cc1F. The van der Waals surface area contributed by atoms with Gasteiger partial charge in [0.1, 0.15) is 11.5 Å². The number of fused-ring (bicyclic) bond motifs is 1. The second-order valence-electron chi connectivity index (χ2n) is 10.1. The average Bonchev–Trinajstić information content (AvgIpc) is 3.53. The summed E-state index contributed by atoms with van der Waals surface area (Å²) in [4.78, 5) is 9.56. The fraction of sp³-hybridized carbons (Fsp3) is 0.429. The quantitative estimate of drug-likeness (QED) is 0.333. The fourth-order valence-electron chi connectivity index (χ4n) is 4.90. The fourth-order valence-corrected chi connectivity index (χ4v) is 6.03. The predicted molar refractivity (Wildman–Crippen MR) is 153 cm³/mol. The van der Waals surface area contributed by atoms with E-state index in [1.54, 1.807) is 13.1 Å². The van der Waals surface area contributed by atoms with Gasteiger partial charge >= 0.3 is 0 Å². The van der Waals surface area contributed by atoms with E-state index in [0.717, 1.165) is 85.0 Å². The van der Waals surface area contributed by atoms with E-state index in [4.69, 9.17) is 4.98 Å². The molecule has 1 fully saturated rings. The number of aryl methyl sites for hydroxylation is 1. The van der Waals surface area contributed by atoms with Crippen LogP contribution in [-0.2, 0) is 23.8 Å².